The summed E-state index contributed by atoms with van der Waals surface area (Å²) >= 11 is 3.47. The summed E-state index contributed by atoms with van der Waals surface area (Å²) in [5.74, 6) is -1.28. The molecule has 1 unspecified atom stereocenters. The summed E-state index contributed by atoms with van der Waals surface area (Å²) in [6, 6.07) is 17.3. The Morgan fingerprint density at radius 3 is 2.38 bits per heavy atom. The number of rotatable bonds is 4. The van der Waals surface area contributed by atoms with Crippen molar-refractivity contribution in [1.29, 1.82) is 0 Å². The minimum absolute atomic E-state index is 0.0115. The van der Waals surface area contributed by atoms with Crippen molar-refractivity contribution in [3.8, 4) is 11.5 Å². The minimum Gasteiger partial charge on any atom is -0.508 e. The number of benzene rings is 3. The highest BCUT2D eigenvalue weighted by Crippen LogP contribution is 2.43. The Morgan fingerprint density at radius 2 is 1.75 bits per heavy atom. The van der Waals surface area contributed by atoms with E-state index in [1.54, 1.807) is 48.5 Å². The predicted octanol–water partition coefficient (Wildman–Crippen LogP) is 5.10. The van der Waals surface area contributed by atoms with E-state index in [0.29, 0.717) is 22.6 Å². The lowest BCUT2D eigenvalue weighted by atomic mass is 9.95. The maximum Gasteiger partial charge on any atom is 0.300 e. The zero-order valence-electron chi connectivity index (χ0n) is 17.4. The number of anilines is 1. The van der Waals surface area contributed by atoms with Crippen molar-refractivity contribution in [2.45, 2.75) is 13.0 Å². The van der Waals surface area contributed by atoms with Crippen LogP contribution in [0.3, 0.4) is 0 Å². The van der Waals surface area contributed by atoms with E-state index in [4.69, 9.17) is 4.74 Å². The molecule has 6 nitrogen and oxygen atoms in total. The molecule has 162 valence electrons. The molecule has 4 rings (SSSR count). The van der Waals surface area contributed by atoms with Crippen LogP contribution >= 0.6 is 15.9 Å². The molecule has 1 amide bonds. The Bertz CT molecular complexity index is 1250. The average Bonchev–Trinajstić information content (AvgIpc) is 3.06. The number of phenols is 1. The highest BCUT2D eigenvalue weighted by molar-refractivity contribution is 9.10. The number of aliphatic hydroxyl groups is 1. The van der Waals surface area contributed by atoms with Crippen molar-refractivity contribution in [2.24, 2.45) is 0 Å². The van der Waals surface area contributed by atoms with Crippen LogP contribution in [0, 0.1) is 6.92 Å². The van der Waals surface area contributed by atoms with Crippen molar-refractivity contribution < 1.29 is 24.5 Å². The maximum atomic E-state index is 13.2. The van der Waals surface area contributed by atoms with Gasteiger partial charge in [0.25, 0.3) is 11.7 Å². The zero-order valence-corrected chi connectivity index (χ0v) is 19.0. The molecule has 1 heterocycles. The summed E-state index contributed by atoms with van der Waals surface area (Å²) in [6.07, 6.45) is 0. The van der Waals surface area contributed by atoms with Crippen LogP contribution in [-0.4, -0.2) is 29.0 Å². The molecule has 2 N–H and O–H groups in total. The van der Waals surface area contributed by atoms with E-state index >= 15 is 0 Å². The zero-order chi connectivity index (χ0) is 23.0. The number of amides is 1. The van der Waals surface area contributed by atoms with Gasteiger partial charge in [0.05, 0.1) is 18.7 Å². The van der Waals surface area contributed by atoms with Crippen molar-refractivity contribution in [3.63, 3.8) is 0 Å². The van der Waals surface area contributed by atoms with Gasteiger partial charge in [0.2, 0.25) is 0 Å². The molecule has 1 fully saturated rings. The van der Waals surface area contributed by atoms with Gasteiger partial charge in [-0.25, -0.2) is 0 Å². The molecule has 1 aliphatic rings. The summed E-state index contributed by atoms with van der Waals surface area (Å²) in [4.78, 5) is 27.6. The number of methoxy groups -OCH3 is 1. The molecule has 7 heteroatoms. The SMILES string of the molecule is COc1ccc(C(O)=C2C(=O)C(=O)N(c3ccc(C)c(Br)c3)C2c2cccc(O)c2)cc1. The van der Waals surface area contributed by atoms with Gasteiger partial charge in [-0.1, -0.05) is 34.1 Å². The van der Waals surface area contributed by atoms with Gasteiger partial charge in [-0.3, -0.25) is 14.5 Å². The summed E-state index contributed by atoms with van der Waals surface area (Å²) in [6.45, 7) is 1.92. The van der Waals surface area contributed by atoms with E-state index in [1.807, 2.05) is 13.0 Å². The molecule has 1 saturated heterocycles. The Kier molecular flexibility index (Phi) is 5.76. The quantitative estimate of drug-likeness (QED) is 0.300. The lowest BCUT2D eigenvalue weighted by Gasteiger charge is -2.26. The summed E-state index contributed by atoms with van der Waals surface area (Å²) in [5, 5.41) is 21.2. The lowest BCUT2D eigenvalue weighted by molar-refractivity contribution is -0.132. The fourth-order valence-electron chi connectivity index (χ4n) is 3.75. The van der Waals surface area contributed by atoms with Gasteiger partial charge in [-0.15, -0.1) is 0 Å². The van der Waals surface area contributed by atoms with E-state index < -0.39 is 17.7 Å². The van der Waals surface area contributed by atoms with Crippen LogP contribution in [0.4, 0.5) is 5.69 Å². The van der Waals surface area contributed by atoms with Crippen LogP contribution in [0.2, 0.25) is 0 Å². The minimum atomic E-state index is -0.918. The molecule has 1 aliphatic heterocycles. The first-order valence-electron chi connectivity index (χ1n) is 9.82. The first-order valence-corrected chi connectivity index (χ1v) is 10.6. The number of ketones is 1. The number of aryl methyl sites for hydroxylation is 1. The molecule has 3 aromatic rings. The van der Waals surface area contributed by atoms with Crippen molar-refractivity contribution in [3.05, 3.63) is 93.5 Å². The Hall–Kier alpha value is -3.58. The average molecular weight is 494 g/mol. The van der Waals surface area contributed by atoms with Gasteiger partial charge in [-0.05, 0) is 66.6 Å². The third-order valence-corrected chi connectivity index (χ3v) is 6.28. The molecule has 1 atom stereocenters. The van der Waals surface area contributed by atoms with E-state index in [-0.39, 0.29) is 17.1 Å². The number of carbonyl (C=O) groups excluding carboxylic acids is 2. The molecule has 0 aromatic heterocycles. The topological polar surface area (TPSA) is 87.1 Å². The van der Waals surface area contributed by atoms with Crippen LogP contribution in [0.25, 0.3) is 5.76 Å². The van der Waals surface area contributed by atoms with Gasteiger partial charge in [0.1, 0.15) is 17.3 Å². The third kappa shape index (κ3) is 3.76. The van der Waals surface area contributed by atoms with Crippen molar-refractivity contribution in [2.75, 3.05) is 12.0 Å². The Morgan fingerprint density at radius 1 is 1.03 bits per heavy atom. The third-order valence-electron chi connectivity index (χ3n) is 5.43. The molecule has 0 aliphatic carbocycles. The monoisotopic (exact) mass is 493 g/mol. The normalized spacial score (nSPS) is 17.6. The number of carbonyl (C=O) groups is 2. The number of halogens is 1. The molecule has 0 saturated carbocycles. The lowest BCUT2D eigenvalue weighted by Crippen LogP contribution is -2.29. The van der Waals surface area contributed by atoms with Gasteiger partial charge in [0.15, 0.2) is 0 Å². The number of aromatic hydroxyl groups is 1. The van der Waals surface area contributed by atoms with Gasteiger partial charge >= 0.3 is 0 Å². The van der Waals surface area contributed by atoms with Gasteiger partial charge in [-0.2, -0.15) is 0 Å². The smallest absolute Gasteiger partial charge is 0.300 e. The first kappa shape index (κ1) is 21.6. The highest BCUT2D eigenvalue weighted by Gasteiger charge is 2.47. The van der Waals surface area contributed by atoms with Gasteiger partial charge < -0.3 is 14.9 Å². The molecular weight excluding hydrogens is 474 g/mol. The second-order valence-corrected chi connectivity index (χ2v) is 8.28. The Balaban J connectivity index is 1.94. The molecule has 3 aromatic carbocycles. The summed E-state index contributed by atoms with van der Waals surface area (Å²) in [5.41, 5.74) is 2.28. The molecular formula is C25H20BrNO5. The number of Topliss-reactive ketones (excluding diaryl/α,β-unsaturated/α-hetero) is 1. The second kappa shape index (κ2) is 8.51. The fourth-order valence-corrected chi connectivity index (χ4v) is 4.11. The summed E-state index contributed by atoms with van der Waals surface area (Å²) < 4.78 is 5.93. The van der Waals surface area contributed by atoms with Crippen molar-refractivity contribution in [1.82, 2.24) is 0 Å². The Labute approximate surface area is 193 Å². The predicted molar refractivity (Wildman–Crippen MR) is 125 cm³/mol. The van der Waals surface area contributed by atoms with Crippen LogP contribution in [-0.2, 0) is 9.59 Å². The number of ether oxygens (including phenoxy) is 1. The van der Waals surface area contributed by atoms with E-state index in [1.165, 1.54) is 24.1 Å². The highest BCUT2D eigenvalue weighted by atomic mass is 79.9. The fraction of sp³-hybridized carbons (Fsp3) is 0.120. The van der Waals surface area contributed by atoms with Crippen LogP contribution in [0.1, 0.15) is 22.7 Å². The number of aliphatic hydroxyl groups excluding tert-OH is 1. The van der Waals surface area contributed by atoms with Crippen LogP contribution in [0.15, 0.2) is 76.8 Å². The molecule has 0 spiro atoms. The van der Waals surface area contributed by atoms with E-state index in [0.717, 1.165) is 10.0 Å². The van der Waals surface area contributed by atoms with Crippen LogP contribution < -0.4 is 9.64 Å². The number of phenolic OH excluding ortho intramolecular Hbond substituents is 1. The largest absolute Gasteiger partial charge is 0.508 e. The van der Waals surface area contributed by atoms with Gasteiger partial charge in [0, 0.05) is 15.7 Å². The molecule has 0 radical (unpaired) electrons. The summed E-state index contributed by atoms with van der Waals surface area (Å²) in [7, 11) is 1.53. The number of hydrogen-bond donors (Lipinski definition) is 2. The molecule has 0 bridgehead atoms. The van der Waals surface area contributed by atoms with E-state index in [2.05, 4.69) is 15.9 Å². The number of hydrogen-bond acceptors (Lipinski definition) is 5. The van der Waals surface area contributed by atoms with Crippen molar-refractivity contribution >= 4 is 39.1 Å². The van der Waals surface area contributed by atoms with E-state index in [9.17, 15) is 19.8 Å². The maximum absolute atomic E-state index is 13.2. The standard InChI is InChI=1S/C25H20BrNO5/c1-14-6-9-17(13-20(14)26)27-22(16-4-3-5-18(28)12-16)21(24(30)25(27)31)23(29)15-7-10-19(32-2)11-8-15/h3-13,22,28-29H,1-2H3. The molecule has 32 heavy (non-hydrogen) atoms. The first-order chi connectivity index (χ1) is 15.3. The number of nitrogens with zero attached hydrogens (tertiary/aromatic N) is 1. The van der Waals surface area contributed by atoms with Crippen LogP contribution in [0.5, 0.6) is 11.5 Å². The second-order valence-electron chi connectivity index (χ2n) is 7.43.